The van der Waals surface area contributed by atoms with Gasteiger partial charge in [-0.05, 0) is 12.1 Å². The monoisotopic (exact) mass is 261 g/mol. The topological polar surface area (TPSA) is 79.5 Å². The van der Waals surface area contributed by atoms with Gasteiger partial charge in [0.05, 0.1) is 21.3 Å². The smallest absolute Gasteiger partial charge is 0.187 e. The number of methoxy groups -OCH3 is 3. The number of anilines is 1. The summed E-state index contributed by atoms with van der Waals surface area (Å²) in [6.45, 7) is 0. The first-order valence-electron chi connectivity index (χ1n) is 5.57. The molecule has 0 radical (unpaired) electrons. The van der Waals surface area contributed by atoms with Crippen LogP contribution in [0.4, 0.5) is 5.82 Å². The van der Waals surface area contributed by atoms with Crippen molar-refractivity contribution in [3.63, 3.8) is 0 Å². The molecule has 6 heteroatoms. The van der Waals surface area contributed by atoms with Gasteiger partial charge in [0.15, 0.2) is 11.6 Å². The maximum Gasteiger partial charge on any atom is 0.187 e. The summed E-state index contributed by atoms with van der Waals surface area (Å²) < 4.78 is 15.7. The van der Waals surface area contributed by atoms with Crippen LogP contribution in [0.25, 0.3) is 11.3 Å². The van der Waals surface area contributed by atoms with Crippen molar-refractivity contribution in [3.05, 3.63) is 24.5 Å². The molecule has 0 fully saturated rings. The molecule has 0 saturated carbocycles. The first kappa shape index (κ1) is 12.9. The first-order valence-corrected chi connectivity index (χ1v) is 5.57. The van der Waals surface area contributed by atoms with Crippen molar-refractivity contribution in [1.29, 1.82) is 0 Å². The lowest BCUT2D eigenvalue weighted by atomic mass is 10.1. The number of ether oxygens (including phenoxy) is 3. The first-order chi connectivity index (χ1) is 9.19. The Labute approximate surface area is 111 Å². The van der Waals surface area contributed by atoms with Crippen LogP contribution < -0.4 is 19.9 Å². The molecule has 2 rings (SSSR count). The summed E-state index contributed by atoms with van der Waals surface area (Å²) in [5.74, 6) is 2.04. The lowest BCUT2D eigenvalue weighted by molar-refractivity contribution is 0.394. The second-order valence-corrected chi connectivity index (χ2v) is 3.74. The van der Waals surface area contributed by atoms with Crippen LogP contribution in [0, 0.1) is 0 Å². The zero-order valence-electron chi connectivity index (χ0n) is 11.0. The number of benzene rings is 1. The Morgan fingerprint density at radius 3 is 2.05 bits per heavy atom. The molecule has 0 saturated heterocycles. The molecule has 0 bridgehead atoms. The molecule has 19 heavy (non-hydrogen) atoms. The Kier molecular flexibility index (Phi) is 3.70. The highest BCUT2D eigenvalue weighted by atomic mass is 16.5. The van der Waals surface area contributed by atoms with Crippen molar-refractivity contribution in [2.75, 3.05) is 27.1 Å². The van der Waals surface area contributed by atoms with E-state index < -0.39 is 0 Å². The van der Waals surface area contributed by atoms with E-state index in [0.29, 0.717) is 22.9 Å². The van der Waals surface area contributed by atoms with Gasteiger partial charge in [0.1, 0.15) is 23.5 Å². The molecule has 0 aliphatic carbocycles. The van der Waals surface area contributed by atoms with E-state index in [-0.39, 0.29) is 5.82 Å². The maximum absolute atomic E-state index is 5.77. The van der Waals surface area contributed by atoms with E-state index in [2.05, 4.69) is 9.97 Å². The molecular formula is C13H15N3O3. The van der Waals surface area contributed by atoms with Crippen molar-refractivity contribution in [1.82, 2.24) is 9.97 Å². The molecule has 0 atom stereocenters. The molecule has 0 amide bonds. The van der Waals surface area contributed by atoms with Gasteiger partial charge in [0, 0.05) is 11.6 Å². The van der Waals surface area contributed by atoms with Crippen LogP contribution in [0.3, 0.4) is 0 Å². The molecule has 1 aromatic carbocycles. The third-order valence-corrected chi connectivity index (χ3v) is 2.66. The van der Waals surface area contributed by atoms with Gasteiger partial charge >= 0.3 is 0 Å². The summed E-state index contributed by atoms with van der Waals surface area (Å²) in [7, 11) is 4.70. The number of nitrogen functional groups attached to an aromatic ring is 1. The highest BCUT2D eigenvalue weighted by Crippen LogP contribution is 2.35. The number of hydrogen-bond acceptors (Lipinski definition) is 6. The van der Waals surface area contributed by atoms with Gasteiger partial charge in [-0.25, -0.2) is 9.97 Å². The second kappa shape index (κ2) is 5.43. The van der Waals surface area contributed by atoms with Crippen LogP contribution in [0.5, 0.6) is 17.2 Å². The number of aromatic nitrogens is 2. The predicted octanol–water partition coefficient (Wildman–Crippen LogP) is 1.75. The standard InChI is InChI=1S/C13H15N3O3/c1-17-9-4-8(5-10(6-9)18-2)11-12(19-3)13(14)16-7-15-11/h4-7H,1-3H3,(H2,14,15,16). The molecule has 2 aromatic rings. The van der Waals surface area contributed by atoms with Crippen molar-refractivity contribution >= 4 is 5.82 Å². The Balaban J connectivity index is 2.61. The van der Waals surface area contributed by atoms with Gasteiger partial charge in [0.2, 0.25) is 0 Å². The van der Waals surface area contributed by atoms with Crippen molar-refractivity contribution < 1.29 is 14.2 Å². The average Bonchev–Trinajstić information content (AvgIpc) is 2.46. The number of rotatable bonds is 4. The van der Waals surface area contributed by atoms with Crippen LogP contribution in [0.1, 0.15) is 0 Å². The van der Waals surface area contributed by atoms with Crippen LogP contribution in [-0.2, 0) is 0 Å². The molecular weight excluding hydrogens is 246 g/mol. The summed E-state index contributed by atoms with van der Waals surface area (Å²) in [4.78, 5) is 8.10. The highest BCUT2D eigenvalue weighted by molar-refractivity contribution is 5.73. The third kappa shape index (κ3) is 2.52. The summed E-state index contributed by atoms with van der Waals surface area (Å²) in [5, 5.41) is 0. The maximum atomic E-state index is 5.77. The zero-order chi connectivity index (χ0) is 13.8. The van der Waals surface area contributed by atoms with E-state index in [1.165, 1.54) is 13.4 Å². The minimum atomic E-state index is 0.286. The van der Waals surface area contributed by atoms with Crippen molar-refractivity contribution in [2.45, 2.75) is 0 Å². The average molecular weight is 261 g/mol. The SMILES string of the molecule is COc1cc(OC)cc(-c2ncnc(N)c2OC)c1. The Morgan fingerprint density at radius 1 is 0.895 bits per heavy atom. The molecule has 0 aliphatic rings. The van der Waals surface area contributed by atoms with Gasteiger partial charge in [-0.1, -0.05) is 0 Å². The lowest BCUT2D eigenvalue weighted by Crippen LogP contribution is -2.00. The van der Waals surface area contributed by atoms with Gasteiger partial charge in [-0.2, -0.15) is 0 Å². The molecule has 6 nitrogen and oxygen atoms in total. The number of hydrogen-bond donors (Lipinski definition) is 1. The number of nitrogens with zero attached hydrogens (tertiary/aromatic N) is 2. The van der Waals surface area contributed by atoms with Crippen LogP contribution in [0.15, 0.2) is 24.5 Å². The van der Waals surface area contributed by atoms with Gasteiger partial charge in [0.25, 0.3) is 0 Å². The fourth-order valence-corrected chi connectivity index (χ4v) is 1.74. The van der Waals surface area contributed by atoms with Crippen LogP contribution >= 0.6 is 0 Å². The summed E-state index contributed by atoms with van der Waals surface area (Å²) >= 11 is 0. The third-order valence-electron chi connectivity index (χ3n) is 2.66. The lowest BCUT2D eigenvalue weighted by Gasteiger charge is -2.11. The summed E-state index contributed by atoms with van der Waals surface area (Å²) in [6.07, 6.45) is 1.39. The van der Waals surface area contributed by atoms with E-state index in [1.807, 2.05) is 12.1 Å². The van der Waals surface area contributed by atoms with E-state index in [1.54, 1.807) is 20.3 Å². The molecule has 1 heterocycles. The largest absolute Gasteiger partial charge is 0.497 e. The van der Waals surface area contributed by atoms with E-state index in [9.17, 15) is 0 Å². The van der Waals surface area contributed by atoms with Gasteiger partial charge in [-0.15, -0.1) is 0 Å². The second-order valence-electron chi connectivity index (χ2n) is 3.74. The Bertz CT molecular complexity index is 565. The molecule has 0 aliphatic heterocycles. The van der Waals surface area contributed by atoms with E-state index in [4.69, 9.17) is 19.9 Å². The van der Waals surface area contributed by atoms with Gasteiger partial charge < -0.3 is 19.9 Å². The minimum Gasteiger partial charge on any atom is -0.497 e. The fourth-order valence-electron chi connectivity index (χ4n) is 1.74. The fraction of sp³-hybridized carbons (Fsp3) is 0.231. The quantitative estimate of drug-likeness (QED) is 0.903. The summed E-state index contributed by atoms with van der Waals surface area (Å²) in [5.41, 5.74) is 7.14. The van der Waals surface area contributed by atoms with Gasteiger partial charge in [-0.3, -0.25) is 0 Å². The van der Waals surface area contributed by atoms with Crippen LogP contribution in [-0.4, -0.2) is 31.3 Å². The summed E-state index contributed by atoms with van der Waals surface area (Å²) in [6, 6.07) is 5.43. The van der Waals surface area contributed by atoms with E-state index >= 15 is 0 Å². The molecule has 100 valence electrons. The molecule has 2 N–H and O–H groups in total. The zero-order valence-corrected chi connectivity index (χ0v) is 11.0. The number of nitrogens with two attached hydrogens (primary N) is 1. The normalized spacial score (nSPS) is 10.1. The molecule has 0 unspecified atom stereocenters. The van der Waals surface area contributed by atoms with Crippen LogP contribution in [0.2, 0.25) is 0 Å². The van der Waals surface area contributed by atoms with Crippen molar-refractivity contribution in [2.24, 2.45) is 0 Å². The van der Waals surface area contributed by atoms with E-state index in [0.717, 1.165) is 5.56 Å². The Hall–Kier alpha value is -2.50. The molecule has 1 aromatic heterocycles. The van der Waals surface area contributed by atoms with Crippen molar-refractivity contribution in [3.8, 4) is 28.5 Å². The highest BCUT2D eigenvalue weighted by Gasteiger charge is 2.13. The molecule has 0 spiro atoms. The Morgan fingerprint density at radius 2 is 1.53 bits per heavy atom. The minimum absolute atomic E-state index is 0.286. The predicted molar refractivity (Wildman–Crippen MR) is 71.5 cm³/mol.